The first-order valence-corrected chi connectivity index (χ1v) is 8.04. The Labute approximate surface area is 127 Å². The summed E-state index contributed by atoms with van der Waals surface area (Å²) in [5.41, 5.74) is 1.09. The third-order valence-electron chi connectivity index (χ3n) is 2.50. The summed E-state index contributed by atoms with van der Waals surface area (Å²) in [5.74, 6) is 0.944. The smallest absolute Gasteiger partial charge is 0.304 e. The van der Waals surface area contributed by atoms with E-state index in [-0.39, 0.29) is 6.42 Å². The predicted molar refractivity (Wildman–Crippen MR) is 83.1 cm³/mol. The molecule has 3 nitrogen and oxygen atoms in total. The van der Waals surface area contributed by atoms with Crippen LogP contribution in [0.3, 0.4) is 0 Å². The normalized spacial score (nSPS) is 10.4. The number of rotatable bonds is 9. The largest absolute Gasteiger partial charge is 0.481 e. The molecule has 6 heteroatoms. The molecule has 0 unspecified atom stereocenters. The van der Waals surface area contributed by atoms with Crippen molar-refractivity contribution in [1.82, 2.24) is 0 Å². The van der Waals surface area contributed by atoms with Crippen LogP contribution in [0.25, 0.3) is 0 Å². The van der Waals surface area contributed by atoms with E-state index in [1.807, 2.05) is 24.3 Å². The monoisotopic (exact) mass is 321 g/mol. The highest BCUT2D eigenvalue weighted by molar-refractivity contribution is 7.99. The van der Waals surface area contributed by atoms with Gasteiger partial charge in [-0.3, -0.25) is 4.79 Å². The zero-order valence-electron chi connectivity index (χ0n) is 10.5. The SMILES string of the molecule is O=C(O)CCSc1ccc(N(CCCl)CCCl)cc1. The summed E-state index contributed by atoms with van der Waals surface area (Å²) in [6.07, 6.45) is 0.178. The maximum atomic E-state index is 10.4. The van der Waals surface area contributed by atoms with E-state index in [0.29, 0.717) is 17.5 Å². The number of alkyl halides is 2. The standard InChI is InChI=1S/C13H17Cl2NO2S/c14-6-8-16(9-7-15)11-1-3-12(4-2-11)19-10-5-13(17)18/h1-4H,5-10H2,(H,17,18). The molecule has 0 aromatic heterocycles. The highest BCUT2D eigenvalue weighted by atomic mass is 35.5. The average Bonchev–Trinajstić information content (AvgIpc) is 2.39. The number of carboxylic acids is 1. The van der Waals surface area contributed by atoms with Crippen LogP contribution >= 0.6 is 35.0 Å². The average molecular weight is 322 g/mol. The van der Waals surface area contributed by atoms with Crippen molar-refractivity contribution in [2.24, 2.45) is 0 Å². The highest BCUT2D eigenvalue weighted by Crippen LogP contribution is 2.23. The fourth-order valence-electron chi connectivity index (χ4n) is 1.58. The van der Waals surface area contributed by atoms with Gasteiger partial charge in [-0.1, -0.05) is 0 Å². The lowest BCUT2D eigenvalue weighted by Crippen LogP contribution is -2.27. The predicted octanol–water partition coefficient (Wildman–Crippen LogP) is 3.54. The van der Waals surface area contributed by atoms with Crippen LogP contribution in [0, 0.1) is 0 Å². The van der Waals surface area contributed by atoms with Crippen molar-refractivity contribution >= 4 is 46.6 Å². The van der Waals surface area contributed by atoms with Gasteiger partial charge < -0.3 is 10.0 Å². The molecule has 0 amide bonds. The van der Waals surface area contributed by atoms with Gasteiger partial charge in [-0.15, -0.1) is 35.0 Å². The van der Waals surface area contributed by atoms with Crippen molar-refractivity contribution in [3.8, 4) is 0 Å². The number of hydrogen-bond acceptors (Lipinski definition) is 3. The van der Waals surface area contributed by atoms with Gasteiger partial charge >= 0.3 is 5.97 Å². The Kier molecular flexibility index (Phi) is 8.10. The summed E-state index contributed by atoms with van der Waals surface area (Å²) in [5, 5.41) is 8.58. The minimum absolute atomic E-state index is 0.178. The zero-order chi connectivity index (χ0) is 14.1. The van der Waals surface area contributed by atoms with E-state index in [9.17, 15) is 4.79 Å². The van der Waals surface area contributed by atoms with Gasteiger partial charge in [-0.05, 0) is 24.3 Å². The van der Waals surface area contributed by atoms with Gasteiger partial charge in [-0.2, -0.15) is 0 Å². The molecule has 0 heterocycles. The van der Waals surface area contributed by atoms with E-state index in [1.54, 1.807) is 11.8 Å². The molecule has 0 aliphatic heterocycles. The summed E-state index contributed by atoms with van der Waals surface area (Å²) in [6, 6.07) is 8.03. The number of carboxylic acid groups (broad SMARTS) is 1. The minimum Gasteiger partial charge on any atom is -0.481 e. The third kappa shape index (κ3) is 6.41. The molecule has 0 spiro atoms. The summed E-state index contributed by atoms with van der Waals surface area (Å²) in [4.78, 5) is 13.6. The molecule has 1 rings (SSSR count). The molecule has 1 N–H and O–H groups in total. The van der Waals surface area contributed by atoms with E-state index >= 15 is 0 Å². The van der Waals surface area contributed by atoms with E-state index < -0.39 is 5.97 Å². The molecule has 19 heavy (non-hydrogen) atoms. The maximum absolute atomic E-state index is 10.4. The quantitative estimate of drug-likeness (QED) is 0.558. The number of thioether (sulfide) groups is 1. The lowest BCUT2D eigenvalue weighted by atomic mass is 10.3. The van der Waals surface area contributed by atoms with Crippen LogP contribution in [0.15, 0.2) is 29.2 Å². The van der Waals surface area contributed by atoms with Gasteiger partial charge in [0.05, 0.1) is 6.42 Å². The van der Waals surface area contributed by atoms with Gasteiger partial charge in [0.25, 0.3) is 0 Å². The lowest BCUT2D eigenvalue weighted by Gasteiger charge is -2.22. The number of aliphatic carboxylic acids is 1. The third-order valence-corrected chi connectivity index (χ3v) is 3.85. The van der Waals surface area contributed by atoms with Crippen LogP contribution in [0.1, 0.15) is 6.42 Å². The van der Waals surface area contributed by atoms with Crippen molar-refractivity contribution < 1.29 is 9.90 Å². The second-order valence-corrected chi connectivity index (χ2v) is 5.78. The number of carbonyl (C=O) groups is 1. The second kappa shape index (κ2) is 9.34. The summed E-state index contributed by atoms with van der Waals surface area (Å²) >= 11 is 13.1. The summed E-state index contributed by atoms with van der Waals surface area (Å²) < 4.78 is 0. The number of nitrogens with zero attached hydrogens (tertiary/aromatic N) is 1. The van der Waals surface area contributed by atoms with Crippen molar-refractivity contribution in [1.29, 1.82) is 0 Å². The van der Waals surface area contributed by atoms with Crippen molar-refractivity contribution in [3.63, 3.8) is 0 Å². The van der Waals surface area contributed by atoms with Crippen molar-refractivity contribution in [3.05, 3.63) is 24.3 Å². The van der Waals surface area contributed by atoms with E-state index in [4.69, 9.17) is 28.3 Å². The molecule has 0 atom stereocenters. The number of halogens is 2. The fourth-order valence-corrected chi connectivity index (χ4v) is 2.83. The van der Waals surface area contributed by atoms with Crippen LogP contribution in [-0.2, 0) is 4.79 Å². The molecule has 106 valence electrons. The van der Waals surface area contributed by atoms with E-state index in [1.165, 1.54) is 0 Å². The molecule has 1 aromatic carbocycles. The van der Waals surface area contributed by atoms with E-state index in [2.05, 4.69) is 4.90 Å². The number of benzene rings is 1. The number of hydrogen-bond donors (Lipinski definition) is 1. The Morgan fingerprint density at radius 3 is 2.21 bits per heavy atom. The van der Waals surface area contributed by atoms with Gasteiger partial charge in [0.1, 0.15) is 0 Å². The Balaban J connectivity index is 2.55. The van der Waals surface area contributed by atoms with Gasteiger partial charge in [0.2, 0.25) is 0 Å². The first kappa shape index (κ1) is 16.5. The molecule has 0 fully saturated rings. The van der Waals surface area contributed by atoms with E-state index in [0.717, 1.165) is 23.7 Å². The first-order chi connectivity index (χ1) is 9.17. The lowest BCUT2D eigenvalue weighted by molar-refractivity contribution is -0.136. The molecule has 0 aliphatic carbocycles. The van der Waals surface area contributed by atoms with Gasteiger partial charge in [0, 0.05) is 41.2 Å². The molecule has 0 bridgehead atoms. The minimum atomic E-state index is -0.764. The topological polar surface area (TPSA) is 40.5 Å². The molecular formula is C13H17Cl2NO2S. The zero-order valence-corrected chi connectivity index (χ0v) is 12.8. The van der Waals surface area contributed by atoms with Gasteiger partial charge in [0.15, 0.2) is 0 Å². The molecule has 0 radical (unpaired) electrons. The molecular weight excluding hydrogens is 305 g/mol. The highest BCUT2D eigenvalue weighted by Gasteiger charge is 2.05. The van der Waals surface area contributed by atoms with Crippen LogP contribution in [0.4, 0.5) is 5.69 Å². The molecule has 0 saturated carbocycles. The Hall–Kier alpha value is -0.580. The summed E-state index contributed by atoms with van der Waals surface area (Å²) in [7, 11) is 0. The Morgan fingerprint density at radius 1 is 1.16 bits per heavy atom. The molecule has 1 aromatic rings. The fraction of sp³-hybridized carbons (Fsp3) is 0.462. The van der Waals surface area contributed by atoms with Crippen LogP contribution in [0.5, 0.6) is 0 Å². The van der Waals surface area contributed by atoms with Gasteiger partial charge in [-0.25, -0.2) is 0 Å². The Bertz CT molecular complexity index is 381. The Morgan fingerprint density at radius 2 is 1.74 bits per heavy atom. The maximum Gasteiger partial charge on any atom is 0.304 e. The molecule has 0 aliphatic rings. The second-order valence-electron chi connectivity index (χ2n) is 3.85. The number of anilines is 1. The summed E-state index contributed by atoms with van der Waals surface area (Å²) in [6.45, 7) is 1.53. The first-order valence-electron chi connectivity index (χ1n) is 5.99. The molecule has 0 saturated heterocycles. The van der Waals surface area contributed by atoms with Crippen LogP contribution in [0.2, 0.25) is 0 Å². The van der Waals surface area contributed by atoms with Crippen molar-refractivity contribution in [2.45, 2.75) is 11.3 Å². The van der Waals surface area contributed by atoms with Crippen LogP contribution < -0.4 is 4.90 Å². The van der Waals surface area contributed by atoms with Crippen molar-refractivity contribution in [2.75, 3.05) is 35.5 Å². The van der Waals surface area contributed by atoms with Crippen LogP contribution in [-0.4, -0.2) is 41.7 Å².